The number of sulfone groups is 1. The number of carbonyl (C=O) groups excluding carboxylic acids is 1. The van der Waals surface area contributed by atoms with E-state index in [-0.39, 0.29) is 24.3 Å². The number of carbonyl (C=O) groups is 2. The average Bonchev–Trinajstić information content (AvgIpc) is 2.23. The van der Waals surface area contributed by atoms with Crippen molar-refractivity contribution in [3.8, 4) is 0 Å². The van der Waals surface area contributed by atoms with Crippen LogP contribution in [0.25, 0.3) is 0 Å². The van der Waals surface area contributed by atoms with Gasteiger partial charge in [0.15, 0.2) is 0 Å². The fourth-order valence-electron chi connectivity index (χ4n) is 2.06. The Morgan fingerprint density at radius 3 is 2.15 bits per heavy atom. The van der Waals surface area contributed by atoms with Crippen LogP contribution in [0.1, 0.15) is 33.6 Å². The molecule has 1 aliphatic rings. The summed E-state index contributed by atoms with van der Waals surface area (Å²) in [5.41, 5.74) is -0.719. The van der Waals surface area contributed by atoms with Crippen molar-refractivity contribution in [3.63, 3.8) is 0 Å². The number of carboxylic acids is 1. The second kappa shape index (κ2) is 5.99. The molecule has 1 amide bonds. The molecule has 2 N–H and O–H groups in total. The summed E-state index contributed by atoms with van der Waals surface area (Å²) in [7, 11) is -3.07. The molecule has 0 aromatic rings. The molecule has 1 aliphatic heterocycles. The Balaban J connectivity index is 2.67. The fourth-order valence-corrected chi connectivity index (χ4v) is 3.59. The van der Waals surface area contributed by atoms with E-state index in [2.05, 4.69) is 5.32 Å². The maximum atomic E-state index is 11.6. The van der Waals surface area contributed by atoms with Crippen molar-refractivity contribution < 1.29 is 27.9 Å². The third-order valence-corrected chi connectivity index (χ3v) is 4.72. The predicted octanol–water partition coefficient (Wildman–Crippen LogP) is 0.789. The molecule has 116 valence electrons. The van der Waals surface area contributed by atoms with Crippen LogP contribution < -0.4 is 5.32 Å². The van der Waals surface area contributed by atoms with Crippen LogP contribution in [0.2, 0.25) is 0 Å². The molecule has 8 heteroatoms. The first kappa shape index (κ1) is 16.7. The summed E-state index contributed by atoms with van der Waals surface area (Å²) in [5, 5.41) is 11.5. The molecule has 0 saturated carbocycles. The SMILES string of the molecule is CC(C)(C)OC(=O)N[C@@H](C(=O)O)C1CCS(=O)(=O)CC1. The van der Waals surface area contributed by atoms with E-state index < -0.39 is 39.5 Å². The lowest BCUT2D eigenvalue weighted by molar-refractivity contribution is -0.141. The van der Waals surface area contributed by atoms with E-state index in [1.54, 1.807) is 20.8 Å². The second-order valence-electron chi connectivity index (χ2n) is 5.95. The molecule has 1 saturated heterocycles. The van der Waals surface area contributed by atoms with Crippen molar-refractivity contribution in [2.24, 2.45) is 5.92 Å². The van der Waals surface area contributed by atoms with E-state index in [0.29, 0.717) is 0 Å². The molecule has 0 spiro atoms. The van der Waals surface area contributed by atoms with Gasteiger partial charge in [0.25, 0.3) is 0 Å². The lowest BCUT2D eigenvalue weighted by Gasteiger charge is -2.29. The average molecular weight is 307 g/mol. The Kier molecular flexibility index (Phi) is 5.01. The molecule has 1 atom stereocenters. The predicted molar refractivity (Wildman–Crippen MR) is 72.2 cm³/mol. The van der Waals surface area contributed by atoms with Gasteiger partial charge in [0.2, 0.25) is 0 Å². The van der Waals surface area contributed by atoms with Crippen molar-refractivity contribution >= 4 is 21.9 Å². The van der Waals surface area contributed by atoms with Crippen molar-refractivity contribution in [2.75, 3.05) is 11.5 Å². The summed E-state index contributed by atoms with van der Waals surface area (Å²) < 4.78 is 27.7. The normalized spacial score (nSPS) is 20.9. The molecule has 7 nitrogen and oxygen atoms in total. The Bertz CT molecular complexity index is 465. The summed E-state index contributed by atoms with van der Waals surface area (Å²) in [6, 6.07) is -1.12. The van der Waals surface area contributed by atoms with Crippen LogP contribution in [-0.2, 0) is 19.4 Å². The summed E-state index contributed by atoms with van der Waals surface area (Å²) in [6.07, 6.45) is -0.345. The largest absolute Gasteiger partial charge is 0.480 e. The van der Waals surface area contributed by atoms with Gasteiger partial charge in [-0.3, -0.25) is 0 Å². The Morgan fingerprint density at radius 1 is 1.25 bits per heavy atom. The zero-order valence-electron chi connectivity index (χ0n) is 11.9. The van der Waals surface area contributed by atoms with E-state index in [4.69, 9.17) is 4.74 Å². The summed E-state index contributed by atoms with van der Waals surface area (Å²) in [6.45, 7) is 5.03. The van der Waals surface area contributed by atoms with E-state index in [1.165, 1.54) is 0 Å². The summed E-state index contributed by atoms with van der Waals surface area (Å²) in [4.78, 5) is 22.9. The molecule has 0 aromatic carbocycles. The van der Waals surface area contributed by atoms with Crippen molar-refractivity contribution in [2.45, 2.75) is 45.3 Å². The first-order valence-corrected chi connectivity index (χ1v) is 8.25. The van der Waals surface area contributed by atoms with Crippen molar-refractivity contribution in [1.82, 2.24) is 5.32 Å². The van der Waals surface area contributed by atoms with Crippen LogP contribution >= 0.6 is 0 Å². The van der Waals surface area contributed by atoms with Gasteiger partial charge >= 0.3 is 12.1 Å². The van der Waals surface area contributed by atoms with Gasteiger partial charge in [-0.05, 0) is 39.5 Å². The Morgan fingerprint density at radius 2 is 1.75 bits per heavy atom. The molecule has 1 heterocycles. The van der Waals surface area contributed by atoms with Crippen LogP contribution in [-0.4, -0.2) is 48.7 Å². The Hall–Kier alpha value is -1.31. The number of hydrogen-bond donors (Lipinski definition) is 2. The standard InChI is InChI=1S/C12H21NO6S/c1-12(2,3)19-11(16)13-9(10(14)15)8-4-6-20(17,18)7-5-8/h8-9H,4-7H2,1-3H3,(H,13,16)(H,14,15)/t9-/m1/s1. The quantitative estimate of drug-likeness (QED) is 0.797. The van der Waals surface area contributed by atoms with Gasteiger partial charge in [-0.15, -0.1) is 0 Å². The highest BCUT2D eigenvalue weighted by molar-refractivity contribution is 7.91. The number of hydrogen-bond acceptors (Lipinski definition) is 5. The van der Waals surface area contributed by atoms with Gasteiger partial charge in [-0.25, -0.2) is 18.0 Å². The second-order valence-corrected chi connectivity index (χ2v) is 8.26. The maximum absolute atomic E-state index is 11.6. The van der Waals surface area contributed by atoms with E-state index in [1.807, 2.05) is 0 Å². The molecule has 20 heavy (non-hydrogen) atoms. The van der Waals surface area contributed by atoms with Gasteiger partial charge < -0.3 is 15.2 Å². The highest BCUT2D eigenvalue weighted by Gasteiger charge is 2.35. The first-order valence-electron chi connectivity index (χ1n) is 6.43. The molecular formula is C12H21NO6S. The topological polar surface area (TPSA) is 110 Å². The fraction of sp³-hybridized carbons (Fsp3) is 0.833. The molecule has 1 fully saturated rings. The highest BCUT2D eigenvalue weighted by Crippen LogP contribution is 2.22. The number of ether oxygens (including phenoxy) is 1. The van der Waals surface area contributed by atoms with Gasteiger partial charge in [-0.2, -0.15) is 0 Å². The third-order valence-electron chi connectivity index (χ3n) is 3.01. The lowest BCUT2D eigenvalue weighted by atomic mass is 9.94. The third kappa shape index (κ3) is 5.36. The molecular weight excluding hydrogens is 286 g/mol. The van der Waals surface area contributed by atoms with Crippen molar-refractivity contribution in [1.29, 1.82) is 0 Å². The minimum Gasteiger partial charge on any atom is -0.480 e. The Labute approximate surface area is 118 Å². The van der Waals surface area contributed by atoms with Gasteiger partial charge in [-0.1, -0.05) is 0 Å². The van der Waals surface area contributed by atoms with Crippen LogP contribution in [0, 0.1) is 5.92 Å². The van der Waals surface area contributed by atoms with Crippen LogP contribution in [0.15, 0.2) is 0 Å². The first-order chi connectivity index (χ1) is 9.00. The number of carboxylic acid groups (broad SMARTS) is 1. The monoisotopic (exact) mass is 307 g/mol. The van der Waals surface area contributed by atoms with E-state index in [0.717, 1.165) is 0 Å². The smallest absolute Gasteiger partial charge is 0.408 e. The van der Waals surface area contributed by atoms with Gasteiger partial charge in [0, 0.05) is 0 Å². The number of rotatable bonds is 3. The zero-order valence-corrected chi connectivity index (χ0v) is 12.7. The van der Waals surface area contributed by atoms with Gasteiger partial charge in [0.05, 0.1) is 11.5 Å². The van der Waals surface area contributed by atoms with E-state index >= 15 is 0 Å². The summed E-state index contributed by atoms with van der Waals surface area (Å²) >= 11 is 0. The van der Waals surface area contributed by atoms with Crippen LogP contribution in [0.4, 0.5) is 4.79 Å². The molecule has 0 aliphatic carbocycles. The van der Waals surface area contributed by atoms with Gasteiger partial charge in [0.1, 0.15) is 21.5 Å². The van der Waals surface area contributed by atoms with E-state index in [9.17, 15) is 23.1 Å². The minimum absolute atomic E-state index is 0.0442. The molecule has 0 bridgehead atoms. The molecule has 0 aromatic heterocycles. The number of amides is 1. The summed E-state index contributed by atoms with van der Waals surface area (Å²) in [5.74, 6) is -1.67. The highest BCUT2D eigenvalue weighted by atomic mass is 32.2. The number of aliphatic carboxylic acids is 1. The van der Waals surface area contributed by atoms with Crippen LogP contribution in [0.3, 0.4) is 0 Å². The lowest BCUT2D eigenvalue weighted by Crippen LogP contribution is -2.49. The molecule has 0 unspecified atom stereocenters. The number of alkyl carbamates (subject to hydrolysis) is 1. The van der Waals surface area contributed by atoms with Crippen molar-refractivity contribution in [3.05, 3.63) is 0 Å². The number of nitrogens with one attached hydrogen (secondary N) is 1. The molecule has 0 radical (unpaired) electrons. The molecule has 1 rings (SSSR count). The van der Waals surface area contributed by atoms with Crippen LogP contribution in [0.5, 0.6) is 0 Å². The minimum atomic E-state index is -3.07. The maximum Gasteiger partial charge on any atom is 0.408 e. The zero-order chi connectivity index (χ0) is 15.6.